The first-order chi connectivity index (χ1) is 9.54. The van der Waals surface area contributed by atoms with Crippen molar-refractivity contribution >= 4 is 33.6 Å². The SMILES string of the molecule is C#CCCCCNC(=O)Nc1cc(Br)ccc1C(=O)O. The van der Waals surface area contributed by atoms with Gasteiger partial charge in [-0.1, -0.05) is 15.9 Å². The monoisotopic (exact) mass is 338 g/mol. The number of terminal acetylenes is 1. The van der Waals surface area contributed by atoms with Crippen molar-refractivity contribution in [2.75, 3.05) is 11.9 Å². The lowest BCUT2D eigenvalue weighted by molar-refractivity contribution is 0.0698. The van der Waals surface area contributed by atoms with Crippen molar-refractivity contribution < 1.29 is 14.7 Å². The molecule has 2 amide bonds. The third-order valence-electron chi connectivity index (χ3n) is 2.49. The number of rotatable bonds is 6. The largest absolute Gasteiger partial charge is 0.478 e. The van der Waals surface area contributed by atoms with E-state index < -0.39 is 12.0 Å². The van der Waals surface area contributed by atoms with Gasteiger partial charge in [-0.2, -0.15) is 0 Å². The highest BCUT2D eigenvalue weighted by atomic mass is 79.9. The number of unbranched alkanes of at least 4 members (excludes halogenated alkanes) is 2. The second kappa shape index (κ2) is 8.23. The quantitative estimate of drug-likeness (QED) is 0.551. The van der Waals surface area contributed by atoms with E-state index in [0.29, 0.717) is 17.4 Å². The summed E-state index contributed by atoms with van der Waals surface area (Å²) in [6, 6.07) is 4.13. The van der Waals surface area contributed by atoms with E-state index in [2.05, 4.69) is 32.5 Å². The highest BCUT2D eigenvalue weighted by Crippen LogP contribution is 2.21. The van der Waals surface area contributed by atoms with Crippen molar-refractivity contribution in [2.45, 2.75) is 19.3 Å². The fourth-order valence-electron chi connectivity index (χ4n) is 1.53. The molecule has 0 aliphatic carbocycles. The predicted octanol–water partition coefficient (Wildman–Crippen LogP) is 3.07. The summed E-state index contributed by atoms with van der Waals surface area (Å²) in [4.78, 5) is 22.7. The van der Waals surface area contributed by atoms with Crippen LogP contribution >= 0.6 is 15.9 Å². The minimum absolute atomic E-state index is 0.0377. The molecule has 106 valence electrons. The lowest BCUT2D eigenvalue weighted by Gasteiger charge is -2.10. The molecule has 0 saturated carbocycles. The number of carbonyl (C=O) groups excluding carboxylic acids is 1. The molecular weight excluding hydrogens is 324 g/mol. The Morgan fingerprint density at radius 2 is 2.10 bits per heavy atom. The summed E-state index contributed by atoms with van der Waals surface area (Å²) in [7, 11) is 0. The van der Waals surface area contributed by atoms with E-state index in [-0.39, 0.29) is 11.3 Å². The van der Waals surface area contributed by atoms with Gasteiger partial charge in [0.05, 0.1) is 11.3 Å². The summed E-state index contributed by atoms with van der Waals surface area (Å²) in [6.07, 6.45) is 7.42. The lowest BCUT2D eigenvalue weighted by Crippen LogP contribution is -2.30. The number of hydrogen-bond acceptors (Lipinski definition) is 2. The van der Waals surface area contributed by atoms with Crippen molar-refractivity contribution in [1.29, 1.82) is 0 Å². The van der Waals surface area contributed by atoms with E-state index in [4.69, 9.17) is 11.5 Å². The Labute approximate surface area is 125 Å². The van der Waals surface area contributed by atoms with Crippen LogP contribution < -0.4 is 10.6 Å². The van der Waals surface area contributed by atoms with Crippen molar-refractivity contribution in [3.05, 3.63) is 28.2 Å². The van der Waals surface area contributed by atoms with Crippen LogP contribution in [0.2, 0.25) is 0 Å². The predicted molar refractivity (Wildman–Crippen MR) is 80.8 cm³/mol. The average molecular weight is 339 g/mol. The summed E-state index contributed by atoms with van der Waals surface area (Å²) in [5.41, 5.74) is 0.281. The van der Waals surface area contributed by atoms with E-state index in [1.807, 2.05) is 0 Å². The molecular formula is C14H15BrN2O3. The minimum atomic E-state index is -1.10. The lowest BCUT2D eigenvalue weighted by atomic mass is 10.2. The molecule has 0 atom stereocenters. The van der Waals surface area contributed by atoms with Crippen LogP contribution in [0.3, 0.4) is 0 Å². The van der Waals surface area contributed by atoms with Crippen molar-refractivity contribution in [2.24, 2.45) is 0 Å². The highest BCUT2D eigenvalue weighted by molar-refractivity contribution is 9.10. The molecule has 3 N–H and O–H groups in total. The summed E-state index contributed by atoms with van der Waals surface area (Å²) in [5.74, 6) is 1.43. The zero-order chi connectivity index (χ0) is 15.0. The van der Waals surface area contributed by atoms with Crippen LogP contribution in [-0.4, -0.2) is 23.7 Å². The maximum atomic E-state index is 11.7. The molecule has 5 nitrogen and oxygen atoms in total. The molecule has 6 heteroatoms. The Kier molecular flexibility index (Phi) is 6.60. The third kappa shape index (κ3) is 5.33. The second-order valence-electron chi connectivity index (χ2n) is 4.04. The van der Waals surface area contributed by atoms with Gasteiger partial charge in [-0.3, -0.25) is 0 Å². The van der Waals surface area contributed by atoms with Crippen LogP contribution in [0.15, 0.2) is 22.7 Å². The standard InChI is InChI=1S/C14H15BrN2O3/c1-2-3-4-5-8-16-14(20)17-12-9-10(15)6-7-11(12)13(18)19/h1,6-7,9H,3-5,8H2,(H,18,19)(H2,16,17,20). The van der Waals surface area contributed by atoms with Gasteiger partial charge in [0.1, 0.15) is 0 Å². The fourth-order valence-corrected chi connectivity index (χ4v) is 1.89. The first-order valence-corrected chi connectivity index (χ1v) is 6.85. The number of nitrogens with one attached hydrogen (secondary N) is 2. The molecule has 0 bridgehead atoms. The van der Waals surface area contributed by atoms with Crippen molar-refractivity contribution in [3.63, 3.8) is 0 Å². The molecule has 0 fully saturated rings. The van der Waals surface area contributed by atoms with Crippen LogP contribution in [0.1, 0.15) is 29.6 Å². The highest BCUT2D eigenvalue weighted by Gasteiger charge is 2.12. The average Bonchev–Trinajstić information content (AvgIpc) is 2.38. The van der Waals surface area contributed by atoms with Gasteiger partial charge in [0.25, 0.3) is 0 Å². The molecule has 0 spiro atoms. The van der Waals surface area contributed by atoms with E-state index in [1.54, 1.807) is 12.1 Å². The van der Waals surface area contributed by atoms with E-state index in [9.17, 15) is 9.59 Å². The van der Waals surface area contributed by atoms with E-state index in [1.165, 1.54) is 6.07 Å². The zero-order valence-electron chi connectivity index (χ0n) is 10.8. The Morgan fingerprint density at radius 3 is 2.75 bits per heavy atom. The number of urea groups is 1. The summed E-state index contributed by atoms with van der Waals surface area (Å²) in [5, 5.41) is 14.2. The zero-order valence-corrected chi connectivity index (χ0v) is 12.4. The van der Waals surface area contributed by atoms with Gasteiger partial charge in [0.15, 0.2) is 0 Å². The molecule has 0 saturated heterocycles. The van der Waals surface area contributed by atoms with Crippen LogP contribution in [0.4, 0.5) is 10.5 Å². The number of anilines is 1. The van der Waals surface area contributed by atoms with Crippen molar-refractivity contribution in [3.8, 4) is 12.3 Å². The molecule has 0 heterocycles. The Bertz CT molecular complexity index is 538. The van der Waals surface area contributed by atoms with Gasteiger partial charge >= 0.3 is 12.0 Å². The molecule has 0 aliphatic heterocycles. The topological polar surface area (TPSA) is 78.4 Å². The Balaban J connectivity index is 2.55. The number of carboxylic acids is 1. The van der Waals surface area contributed by atoms with Gasteiger partial charge in [-0.15, -0.1) is 12.3 Å². The smallest absolute Gasteiger partial charge is 0.337 e. The summed E-state index contributed by atoms with van der Waals surface area (Å²) in [6.45, 7) is 0.490. The number of aromatic carboxylic acids is 1. The molecule has 0 aromatic heterocycles. The van der Waals surface area contributed by atoms with Gasteiger partial charge in [0, 0.05) is 17.4 Å². The molecule has 20 heavy (non-hydrogen) atoms. The molecule has 1 aromatic rings. The first-order valence-electron chi connectivity index (χ1n) is 6.05. The molecule has 0 aliphatic rings. The number of carbonyl (C=O) groups is 2. The molecule has 1 aromatic carbocycles. The maximum absolute atomic E-state index is 11.7. The van der Waals surface area contributed by atoms with Crippen LogP contribution in [-0.2, 0) is 0 Å². The van der Waals surface area contributed by atoms with E-state index in [0.717, 1.165) is 12.8 Å². The number of carboxylic acid groups (broad SMARTS) is 1. The molecule has 0 unspecified atom stereocenters. The number of amides is 2. The fraction of sp³-hybridized carbons (Fsp3) is 0.286. The van der Waals surface area contributed by atoms with Crippen LogP contribution in [0.5, 0.6) is 0 Å². The summed E-state index contributed by atoms with van der Waals surface area (Å²) >= 11 is 3.23. The first kappa shape index (κ1) is 16.1. The normalized spacial score (nSPS) is 9.60. The molecule has 0 radical (unpaired) electrons. The van der Waals surface area contributed by atoms with Gasteiger partial charge in [-0.05, 0) is 31.0 Å². The van der Waals surface area contributed by atoms with Crippen molar-refractivity contribution in [1.82, 2.24) is 5.32 Å². The summed E-state index contributed by atoms with van der Waals surface area (Å²) < 4.78 is 0.687. The van der Waals surface area contributed by atoms with Crippen LogP contribution in [0.25, 0.3) is 0 Å². The Morgan fingerprint density at radius 1 is 1.35 bits per heavy atom. The maximum Gasteiger partial charge on any atom is 0.337 e. The third-order valence-corrected chi connectivity index (χ3v) is 2.99. The van der Waals surface area contributed by atoms with Gasteiger partial charge < -0.3 is 15.7 Å². The van der Waals surface area contributed by atoms with Gasteiger partial charge in [0.2, 0.25) is 0 Å². The minimum Gasteiger partial charge on any atom is -0.478 e. The Hall–Kier alpha value is -2.00. The number of halogens is 1. The number of hydrogen-bond donors (Lipinski definition) is 3. The number of benzene rings is 1. The van der Waals surface area contributed by atoms with Crippen LogP contribution in [0, 0.1) is 12.3 Å². The van der Waals surface area contributed by atoms with E-state index >= 15 is 0 Å². The second-order valence-corrected chi connectivity index (χ2v) is 4.95. The molecule has 1 rings (SSSR count). The van der Waals surface area contributed by atoms with Gasteiger partial charge in [-0.25, -0.2) is 9.59 Å².